The van der Waals surface area contributed by atoms with Gasteiger partial charge in [-0.1, -0.05) is 30.3 Å². The summed E-state index contributed by atoms with van der Waals surface area (Å²) in [6.07, 6.45) is 1.73. The number of nitrogens with one attached hydrogen (secondary N) is 1. The fourth-order valence-corrected chi connectivity index (χ4v) is 3.44. The maximum atomic E-state index is 13.6. The van der Waals surface area contributed by atoms with Crippen LogP contribution in [0.2, 0.25) is 0 Å². The Labute approximate surface area is 171 Å². The molecule has 5 nitrogen and oxygen atoms in total. The maximum absolute atomic E-state index is 13.6. The second kappa shape index (κ2) is 8.32. The zero-order chi connectivity index (χ0) is 21.1. The summed E-state index contributed by atoms with van der Waals surface area (Å²) in [7, 11) is 1.69. The molecule has 3 aromatic carbocycles. The predicted octanol–water partition coefficient (Wildman–Crippen LogP) is 4.95. The summed E-state index contributed by atoms with van der Waals surface area (Å²) in [6.45, 7) is -0.694. The van der Waals surface area contributed by atoms with Gasteiger partial charge in [0.1, 0.15) is 11.6 Å². The van der Waals surface area contributed by atoms with Crippen molar-refractivity contribution in [3.05, 3.63) is 83.8 Å². The van der Waals surface area contributed by atoms with E-state index in [-0.39, 0.29) is 11.7 Å². The minimum Gasteiger partial charge on any atom is -0.462 e. The molecular weight excluding hydrogens is 388 g/mol. The van der Waals surface area contributed by atoms with Crippen LogP contribution < -0.4 is 4.74 Å². The Morgan fingerprint density at radius 1 is 1.13 bits per heavy atom. The Balaban J connectivity index is 1.62. The van der Waals surface area contributed by atoms with Crippen molar-refractivity contribution in [3.8, 4) is 16.9 Å². The van der Waals surface area contributed by atoms with E-state index in [0.29, 0.717) is 23.2 Å². The molecule has 0 radical (unpaired) electrons. The van der Waals surface area contributed by atoms with Crippen molar-refractivity contribution < 1.29 is 18.3 Å². The molecule has 30 heavy (non-hydrogen) atoms. The molecule has 4 aromatic rings. The molecule has 0 aliphatic carbocycles. The molecule has 0 bridgehead atoms. The number of rotatable bonds is 6. The standard InChI is InChI=1S/C23H19F2N3O2/c1-28(13-18-6-2-5-17-12-26-27-22(17)18)23(29)16-8-9-20(21(11-16)30-14-24)15-4-3-7-19(25)10-15/h2-12H,13-14H2,1H3,(H,26,27). The summed E-state index contributed by atoms with van der Waals surface area (Å²) in [5.41, 5.74) is 3.20. The highest BCUT2D eigenvalue weighted by atomic mass is 19.1. The van der Waals surface area contributed by atoms with Crippen LogP contribution in [-0.4, -0.2) is 34.9 Å². The Morgan fingerprint density at radius 3 is 2.77 bits per heavy atom. The van der Waals surface area contributed by atoms with Crippen LogP contribution in [-0.2, 0) is 6.54 Å². The number of hydrogen-bond donors (Lipinski definition) is 1. The van der Waals surface area contributed by atoms with Crippen LogP contribution in [0.3, 0.4) is 0 Å². The molecule has 1 heterocycles. The highest BCUT2D eigenvalue weighted by Crippen LogP contribution is 2.32. The zero-order valence-electron chi connectivity index (χ0n) is 16.2. The number of para-hydroxylation sites is 1. The monoisotopic (exact) mass is 407 g/mol. The van der Waals surface area contributed by atoms with E-state index in [1.54, 1.807) is 42.4 Å². The number of benzene rings is 3. The second-order valence-corrected chi connectivity index (χ2v) is 6.89. The first-order valence-corrected chi connectivity index (χ1v) is 9.32. The molecule has 1 amide bonds. The predicted molar refractivity (Wildman–Crippen MR) is 110 cm³/mol. The SMILES string of the molecule is CN(Cc1cccc2cn[nH]c12)C(=O)c1ccc(-c2cccc(F)c2)c(OCF)c1. The first-order valence-electron chi connectivity index (χ1n) is 9.32. The number of halogens is 2. The first kappa shape index (κ1) is 19.6. The lowest BCUT2D eigenvalue weighted by Gasteiger charge is -2.19. The number of amides is 1. The minimum absolute atomic E-state index is 0.179. The molecule has 0 saturated heterocycles. The van der Waals surface area contributed by atoms with Gasteiger partial charge in [-0.3, -0.25) is 9.89 Å². The largest absolute Gasteiger partial charge is 0.462 e. The Hall–Kier alpha value is -3.74. The third-order valence-corrected chi connectivity index (χ3v) is 4.89. The van der Waals surface area contributed by atoms with Gasteiger partial charge in [0.15, 0.2) is 0 Å². The van der Waals surface area contributed by atoms with Crippen LogP contribution in [0.5, 0.6) is 5.75 Å². The first-order chi connectivity index (χ1) is 14.6. The van der Waals surface area contributed by atoms with Crippen LogP contribution in [0.25, 0.3) is 22.0 Å². The number of alkyl halides is 1. The highest BCUT2D eigenvalue weighted by molar-refractivity contribution is 5.95. The van der Waals surface area contributed by atoms with Gasteiger partial charge in [-0.2, -0.15) is 5.10 Å². The molecule has 0 atom stereocenters. The van der Waals surface area contributed by atoms with Crippen molar-refractivity contribution in [1.82, 2.24) is 15.1 Å². The molecule has 0 spiro atoms. The number of carbonyl (C=O) groups is 1. The van der Waals surface area contributed by atoms with E-state index in [9.17, 15) is 13.6 Å². The summed E-state index contributed by atoms with van der Waals surface area (Å²) < 4.78 is 31.6. The third kappa shape index (κ3) is 3.87. The molecule has 0 fully saturated rings. The van der Waals surface area contributed by atoms with Crippen molar-refractivity contribution in [3.63, 3.8) is 0 Å². The average Bonchev–Trinajstić information content (AvgIpc) is 3.23. The van der Waals surface area contributed by atoms with Gasteiger partial charge in [-0.25, -0.2) is 8.78 Å². The van der Waals surface area contributed by atoms with Crippen molar-refractivity contribution in [2.24, 2.45) is 0 Å². The molecule has 0 saturated carbocycles. The van der Waals surface area contributed by atoms with E-state index >= 15 is 0 Å². The van der Waals surface area contributed by atoms with Crippen LogP contribution in [0.1, 0.15) is 15.9 Å². The number of H-pyrrole nitrogens is 1. The van der Waals surface area contributed by atoms with Crippen molar-refractivity contribution in [1.29, 1.82) is 0 Å². The zero-order valence-corrected chi connectivity index (χ0v) is 16.2. The highest BCUT2D eigenvalue weighted by Gasteiger charge is 2.17. The fourth-order valence-electron chi connectivity index (χ4n) is 3.44. The van der Waals surface area contributed by atoms with Gasteiger partial charge in [0.25, 0.3) is 5.91 Å². The normalized spacial score (nSPS) is 10.9. The van der Waals surface area contributed by atoms with Gasteiger partial charge < -0.3 is 9.64 Å². The van der Waals surface area contributed by atoms with E-state index in [1.807, 2.05) is 18.2 Å². The van der Waals surface area contributed by atoms with Gasteiger partial charge in [-0.15, -0.1) is 0 Å². The quantitative estimate of drug-likeness (QED) is 0.492. The fraction of sp³-hybridized carbons (Fsp3) is 0.130. The Bertz CT molecular complexity index is 1210. The molecule has 0 aliphatic heterocycles. The van der Waals surface area contributed by atoms with Crippen LogP contribution in [0, 0.1) is 5.82 Å². The van der Waals surface area contributed by atoms with Gasteiger partial charge in [0.2, 0.25) is 6.86 Å². The average molecular weight is 407 g/mol. The van der Waals surface area contributed by atoms with Crippen LogP contribution in [0.4, 0.5) is 8.78 Å². The Morgan fingerprint density at radius 2 is 1.97 bits per heavy atom. The molecular formula is C23H19F2N3O2. The molecule has 7 heteroatoms. The van der Waals surface area contributed by atoms with Gasteiger partial charge in [0, 0.05) is 30.1 Å². The molecule has 1 N–H and O–H groups in total. The van der Waals surface area contributed by atoms with E-state index in [2.05, 4.69) is 10.2 Å². The third-order valence-electron chi connectivity index (χ3n) is 4.89. The number of nitrogens with zero attached hydrogens (tertiary/aromatic N) is 2. The summed E-state index contributed by atoms with van der Waals surface area (Å²) in [5.74, 6) is -0.481. The molecule has 152 valence electrons. The smallest absolute Gasteiger partial charge is 0.254 e. The number of aromatic nitrogens is 2. The molecule has 4 rings (SSSR count). The van der Waals surface area contributed by atoms with E-state index in [1.165, 1.54) is 18.2 Å². The van der Waals surface area contributed by atoms with E-state index in [0.717, 1.165) is 16.5 Å². The van der Waals surface area contributed by atoms with Crippen LogP contribution in [0.15, 0.2) is 66.9 Å². The summed E-state index contributed by atoms with van der Waals surface area (Å²) in [4.78, 5) is 14.5. The van der Waals surface area contributed by atoms with E-state index < -0.39 is 12.7 Å². The Kier molecular flexibility index (Phi) is 5.43. The lowest BCUT2D eigenvalue weighted by molar-refractivity contribution is 0.0784. The maximum Gasteiger partial charge on any atom is 0.254 e. The van der Waals surface area contributed by atoms with Crippen molar-refractivity contribution in [2.45, 2.75) is 6.54 Å². The van der Waals surface area contributed by atoms with E-state index in [4.69, 9.17) is 4.74 Å². The van der Waals surface area contributed by atoms with Crippen molar-refractivity contribution >= 4 is 16.8 Å². The molecule has 0 aliphatic rings. The lowest BCUT2D eigenvalue weighted by atomic mass is 10.0. The van der Waals surface area contributed by atoms with Gasteiger partial charge in [0.05, 0.1) is 11.7 Å². The van der Waals surface area contributed by atoms with Crippen molar-refractivity contribution in [2.75, 3.05) is 13.9 Å². The molecule has 1 aromatic heterocycles. The summed E-state index contributed by atoms with van der Waals surface area (Å²) in [5, 5.41) is 7.95. The number of carbonyl (C=O) groups excluding carboxylic acids is 1. The lowest BCUT2D eigenvalue weighted by Crippen LogP contribution is -2.26. The number of fused-ring (bicyclic) bond motifs is 1. The summed E-state index contributed by atoms with van der Waals surface area (Å²) >= 11 is 0. The second-order valence-electron chi connectivity index (χ2n) is 6.89. The van der Waals surface area contributed by atoms with Crippen LogP contribution >= 0.6 is 0 Å². The molecule has 0 unspecified atom stereocenters. The minimum atomic E-state index is -1.06. The number of aromatic amines is 1. The van der Waals surface area contributed by atoms with Gasteiger partial charge >= 0.3 is 0 Å². The topological polar surface area (TPSA) is 58.2 Å². The van der Waals surface area contributed by atoms with Gasteiger partial charge in [-0.05, 0) is 41.5 Å². The number of hydrogen-bond acceptors (Lipinski definition) is 3. The number of ether oxygens (including phenoxy) is 1. The summed E-state index contributed by atoms with van der Waals surface area (Å²) in [6, 6.07) is 16.4.